The number of hydrogen-bond acceptors (Lipinski definition) is 3. The maximum atomic E-state index is 4.20. The molecule has 0 aromatic rings. The molecule has 1 N–H and O–H groups in total. The Labute approximate surface area is 79.3 Å². The Kier molecular flexibility index (Phi) is 1.99. The molecule has 0 bridgehead atoms. The topological polar surface area (TPSA) is 27.6 Å². The van der Waals surface area contributed by atoms with E-state index in [1.807, 2.05) is 29.6 Å². The molecule has 0 saturated heterocycles. The average molecular weight is 226 g/mol. The molecular weight excluding hydrogens is 218 g/mol. The van der Waals surface area contributed by atoms with Crippen molar-refractivity contribution in [1.29, 1.82) is 0 Å². The smallest absolute Gasteiger partial charge is 0.151 e. The van der Waals surface area contributed by atoms with Crippen LogP contribution in [0.4, 0.5) is 0 Å². The van der Waals surface area contributed by atoms with Gasteiger partial charge < -0.3 is 0 Å². The number of hydrazine groups is 1. The lowest BCUT2D eigenvalue weighted by molar-refractivity contribution is 0.382. The minimum atomic E-state index is 0.844. The predicted molar refractivity (Wildman–Crippen MR) is 52.6 cm³/mol. The molecule has 0 fully saturated rings. The second-order valence-electron chi connectivity index (χ2n) is 2.47. The summed E-state index contributed by atoms with van der Waals surface area (Å²) in [5.74, 6) is 0.925. The van der Waals surface area contributed by atoms with E-state index in [4.69, 9.17) is 0 Å². The number of nitrogens with zero attached hydrogens (tertiary/aromatic N) is 2. The van der Waals surface area contributed by atoms with Gasteiger partial charge in [-0.05, 0) is 17.7 Å². The van der Waals surface area contributed by atoms with Crippen LogP contribution in [-0.4, -0.2) is 16.6 Å². The lowest BCUT2D eigenvalue weighted by atomic mass is 10.3. The Balaban J connectivity index is 2.26. The summed E-state index contributed by atoms with van der Waals surface area (Å²) >= 11 is 3.39. The van der Waals surface area contributed by atoms with Crippen molar-refractivity contribution in [3.05, 3.63) is 35.9 Å². The van der Waals surface area contributed by atoms with Gasteiger partial charge in [-0.25, -0.2) is 10.0 Å². The standard InChI is InChI=1S/C8H8BrN3/c9-5-7-4-8-10-2-1-3-12(8)11-6-7/h1-4,6,11H,5H2. The van der Waals surface area contributed by atoms with E-state index >= 15 is 0 Å². The summed E-state index contributed by atoms with van der Waals surface area (Å²) in [7, 11) is 0. The maximum Gasteiger partial charge on any atom is 0.151 e. The van der Waals surface area contributed by atoms with Crippen LogP contribution < -0.4 is 5.43 Å². The van der Waals surface area contributed by atoms with E-state index in [0.717, 1.165) is 11.2 Å². The van der Waals surface area contributed by atoms with E-state index in [2.05, 4.69) is 26.3 Å². The molecule has 62 valence electrons. The van der Waals surface area contributed by atoms with Crippen LogP contribution in [0.25, 0.3) is 0 Å². The van der Waals surface area contributed by atoms with Crippen molar-refractivity contribution in [1.82, 2.24) is 10.4 Å². The monoisotopic (exact) mass is 225 g/mol. The Bertz CT molecular complexity index is 301. The first-order valence-corrected chi connectivity index (χ1v) is 4.75. The zero-order chi connectivity index (χ0) is 8.39. The molecule has 0 amide bonds. The van der Waals surface area contributed by atoms with E-state index < -0.39 is 0 Å². The molecule has 2 aliphatic heterocycles. The first-order chi connectivity index (χ1) is 5.90. The van der Waals surface area contributed by atoms with Gasteiger partial charge >= 0.3 is 0 Å². The number of aliphatic imine (C=N–C) groups is 1. The number of hydrogen-bond donors (Lipinski definition) is 1. The van der Waals surface area contributed by atoms with E-state index in [-0.39, 0.29) is 0 Å². The van der Waals surface area contributed by atoms with Crippen LogP contribution in [0.2, 0.25) is 0 Å². The SMILES string of the molecule is BrCC1=CNN2C=CC=NC2=C1. The van der Waals surface area contributed by atoms with Gasteiger partial charge in [-0.15, -0.1) is 0 Å². The molecule has 0 radical (unpaired) electrons. The van der Waals surface area contributed by atoms with Crippen molar-refractivity contribution in [2.45, 2.75) is 0 Å². The van der Waals surface area contributed by atoms with Crippen LogP contribution in [-0.2, 0) is 0 Å². The Morgan fingerprint density at radius 1 is 1.58 bits per heavy atom. The highest BCUT2D eigenvalue weighted by molar-refractivity contribution is 9.09. The molecule has 0 unspecified atom stereocenters. The van der Waals surface area contributed by atoms with Crippen LogP contribution in [0, 0.1) is 0 Å². The third-order valence-electron chi connectivity index (χ3n) is 1.63. The largest absolute Gasteiger partial charge is 0.300 e. The van der Waals surface area contributed by atoms with Gasteiger partial charge in [-0.2, -0.15) is 0 Å². The average Bonchev–Trinajstić information content (AvgIpc) is 2.17. The molecule has 0 atom stereocenters. The Morgan fingerprint density at radius 2 is 2.50 bits per heavy atom. The quantitative estimate of drug-likeness (QED) is 0.686. The summed E-state index contributed by atoms with van der Waals surface area (Å²) in [6.07, 6.45) is 9.58. The van der Waals surface area contributed by atoms with Gasteiger partial charge in [-0.3, -0.25) is 5.43 Å². The van der Waals surface area contributed by atoms with Crippen LogP contribution in [0.15, 0.2) is 40.9 Å². The number of halogens is 1. The Morgan fingerprint density at radius 3 is 3.33 bits per heavy atom. The van der Waals surface area contributed by atoms with Crippen LogP contribution >= 0.6 is 15.9 Å². The van der Waals surface area contributed by atoms with Crippen molar-refractivity contribution in [3.63, 3.8) is 0 Å². The summed E-state index contributed by atoms with van der Waals surface area (Å²) in [5.41, 5.74) is 4.28. The molecule has 2 aliphatic rings. The van der Waals surface area contributed by atoms with E-state index in [9.17, 15) is 0 Å². The molecule has 0 aromatic carbocycles. The molecule has 3 nitrogen and oxygen atoms in total. The molecule has 2 rings (SSSR count). The molecule has 0 aromatic heterocycles. The van der Waals surface area contributed by atoms with Crippen molar-refractivity contribution in [2.24, 2.45) is 4.99 Å². The summed E-state index contributed by atoms with van der Waals surface area (Å²) in [5, 5.41) is 2.71. The van der Waals surface area contributed by atoms with E-state index in [1.165, 1.54) is 5.57 Å². The van der Waals surface area contributed by atoms with E-state index in [1.54, 1.807) is 6.21 Å². The molecule has 0 saturated carbocycles. The van der Waals surface area contributed by atoms with Crippen LogP contribution in [0.1, 0.15) is 0 Å². The van der Waals surface area contributed by atoms with Crippen molar-refractivity contribution >= 4 is 22.1 Å². The van der Waals surface area contributed by atoms with Gasteiger partial charge in [0.05, 0.1) is 0 Å². The van der Waals surface area contributed by atoms with Gasteiger partial charge in [0.2, 0.25) is 0 Å². The highest BCUT2D eigenvalue weighted by Gasteiger charge is 2.10. The number of alkyl halides is 1. The van der Waals surface area contributed by atoms with Gasteiger partial charge in [0.1, 0.15) is 0 Å². The van der Waals surface area contributed by atoms with Gasteiger partial charge in [0.25, 0.3) is 0 Å². The molecule has 12 heavy (non-hydrogen) atoms. The molecule has 0 aliphatic carbocycles. The zero-order valence-corrected chi connectivity index (χ0v) is 7.95. The molecular formula is C8H8BrN3. The van der Waals surface area contributed by atoms with Gasteiger partial charge in [0.15, 0.2) is 5.82 Å². The first-order valence-electron chi connectivity index (χ1n) is 3.63. The maximum absolute atomic E-state index is 4.20. The third-order valence-corrected chi connectivity index (χ3v) is 2.28. The van der Waals surface area contributed by atoms with Crippen molar-refractivity contribution < 1.29 is 0 Å². The third kappa shape index (κ3) is 1.30. The summed E-state index contributed by atoms with van der Waals surface area (Å²) < 4.78 is 0. The van der Waals surface area contributed by atoms with Crippen LogP contribution in [0.3, 0.4) is 0 Å². The minimum absolute atomic E-state index is 0.844. The summed E-state index contributed by atoms with van der Waals surface area (Å²) in [6.45, 7) is 0. The number of fused-ring (bicyclic) bond motifs is 1. The minimum Gasteiger partial charge on any atom is -0.300 e. The second kappa shape index (κ2) is 3.15. The molecule has 0 spiro atoms. The first kappa shape index (κ1) is 7.61. The summed E-state index contributed by atoms with van der Waals surface area (Å²) in [4.78, 5) is 4.20. The van der Waals surface area contributed by atoms with Crippen molar-refractivity contribution in [2.75, 3.05) is 5.33 Å². The zero-order valence-electron chi connectivity index (χ0n) is 6.37. The highest BCUT2D eigenvalue weighted by Crippen LogP contribution is 2.16. The predicted octanol–water partition coefficient (Wildman–Crippen LogP) is 1.52. The van der Waals surface area contributed by atoms with E-state index in [0.29, 0.717) is 0 Å². The number of nitrogens with one attached hydrogen (secondary N) is 1. The number of allylic oxidation sites excluding steroid dienone is 3. The fraction of sp³-hybridized carbons (Fsp3) is 0.125. The molecule has 2 heterocycles. The highest BCUT2D eigenvalue weighted by atomic mass is 79.9. The normalized spacial score (nSPS) is 19.6. The van der Waals surface area contributed by atoms with Gasteiger partial charge in [0, 0.05) is 23.9 Å². The lowest BCUT2D eigenvalue weighted by Gasteiger charge is -2.25. The number of rotatable bonds is 1. The Hall–Kier alpha value is -1.03. The lowest BCUT2D eigenvalue weighted by Crippen LogP contribution is -2.32. The van der Waals surface area contributed by atoms with Crippen molar-refractivity contribution in [3.8, 4) is 0 Å². The fourth-order valence-electron chi connectivity index (χ4n) is 1.04. The fourth-order valence-corrected chi connectivity index (χ4v) is 1.36. The summed E-state index contributed by atoms with van der Waals surface area (Å²) in [6, 6.07) is 0. The van der Waals surface area contributed by atoms with Gasteiger partial charge in [-0.1, -0.05) is 15.9 Å². The molecule has 4 heteroatoms. The second-order valence-corrected chi connectivity index (χ2v) is 3.03. The van der Waals surface area contributed by atoms with Crippen LogP contribution in [0.5, 0.6) is 0 Å².